The molecule has 1 N–H and O–H groups in total. The molecule has 0 aromatic heterocycles. The second-order valence-electron chi connectivity index (χ2n) is 4.85. The van der Waals surface area contributed by atoms with E-state index in [1.165, 1.54) is 0 Å². The molecule has 0 radical (unpaired) electrons. The Balaban J connectivity index is 2.62. The molecule has 0 aliphatic heterocycles. The number of aliphatic hydroxyl groups is 1. The van der Waals surface area contributed by atoms with Gasteiger partial charge in [0.25, 0.3) is 0 Å². The number of hydrogen-bond acceptors (Lipinski definition) is 3. The Morgan fingerprint density at radius 3 is 2.83 bits per heavy atom. The minimum Gasteiger partial charge on any atom is -0.385 e. The van der Waals surface area contributed by atoms with Gasteiger partial charge in [-0.25, -0.2) is 0 Å². The van der Waals surface area contributed by atoms with Gasteiger partial charge in [0.15, 0.2) is 5.78 Å². The SMILES string of the molecule is CC(C=O)=CCCC(C)C1=CC(=O)C(C)=CC1O. The van der Waals surface area contributed by atoms with Gasteiger partial charge in [-0.05, 0) is 61.5 Å². The van der Waals surface area contributed by atoms with Crippen LogP contribution in [0.3, 0.4) is 0 Å². The third kappa shape index (κ3) is 3.77. The Kier molecular flexibility index (Phi) is 5.23. The quantitative estimate of drug-likeness (QED) is 0.600. The summed E-state index contributed by atoms with van der Waals surface area (Å²) in [6.07, 6.45) is 6.77. The second-order valence-corrected chi connectivity index (χ2v) is 4.85. The van der Waals surface area contributed by atoms with E-state index in [1.54, 1.807) is 26.0 Å². The molecule has 2 atom stereocenters. The van der Waals surface area contributed by atoms with Gasteiger partial charge in [0, 0.05) is 0 Å². The largest absolute Gasteiger partial charge is 0.385 e. The van der Waals surface area contributed by atoms with E-state index in [2.05, 4.69) is 0 Å². The zero-order valence-electron chi connectivity index (χ0n) is 11.1. The van der Waals surface area contributed by atoms with E-state index in [0.29, 0.717) is 11.1 Å². The summed E-state index contributed by atoms with van der Waals surface area (Å²) in [6.45, 7) is 5.46. The van der Waals surface area contributed by atoms with Crippen LogP contribution in [0.2, 0.25) is 0 Å². The third-order valence-electron chi connectivity index (χ3n) is 3.26. The molecule has 3 nitrogen and oxygen atoms in total. The topological polar surface area (TPSA) is 54.4 Å². The highest BCUT2D eigenvalue weighted by Gasteiger charge is 2.21. The number of allylic oxidation sites excluding steroid dienone is 4. The molecule has 0 saturated heterocycles. The first-order valence-corrected chi connectivity index (χ1v) is 6.20. The van der Waals surface area contributed by atoms with Crippen LogP contribution in [-0.2, 0) is 9.59 Å². The zero-order valence-corrected chi connectivity index (χ0v) is 11.1. The van der Waals surface area contributed by atoms with Gasteiger partial charge in [-0.15, -0.1) is 0 Å². The van der Waals surface area contributed by atoms with Crippen LogP contribution < -0.4 is 0 Å². The summed E-state index contributed by atoms with van der Waals surface area (Å²) in [5.74, 6) is 0.103. The lowest BCUT2D eigenvalue weighted by Gasteiger charge is -2.22. The molecule has 0 aromatic rings. The van der Waals surface area contributed by atoms with Crippen LogP contribution in [0.1, 0.15) is 33.6 Å². The molecule has 0 bridgehead atoms. The maximum absolute atomic E-state index is 11.6. The first-order chi connectivity index (χ1) is 8.45. The van der Waals surface area contributed by atoms with Crippen molar-refractivity contribution in [1.29, 1.82) is 0 Å². The first-order valence-electron chi connectivity index (χ1n) is 6.20. The molecule has 0 heterocycles. The smallest absolute Gasteiger partial charge is 0.181 e. The standard InChI is InChI=1S/C15H20O3/c1-10(9-16)5-4-6-11(2)13-8-14(17)12(3)7-15(13)18/h5,7-9,11,15,18H,4,6H2,1-3H3. The first kappa shape index (κ1) is 14.6. The van der Waals surface area contributed by atoms with Gasteiger partial charge < -0.3 is 5.11 Å². The molecule has 0 amide bonds. The normalized spacial score (nSPS) is 22.3. The number of rotatable bonds is 5. The van der Waals surface area contributed by atoms with Crippen molar-refractivity contribution < 1.29 is 14.7 Å². The van der Waals surface area contributed by atoms with Gasteiger partial charge in [0.2, 0.25) is 0 Å². The van der Waals surface area contributed by atoms with Crippen molar-refractivity contribution in [3.8, 4) is 0 Å². The van der Waals surface area contributed by atoms with Gasteiger partial charge in [0.05, 0.1) is 6.10 Å². The van der Waals surface area contributed by atoms with E-state index < -0.39 is 6.10 Å². The van der Waals surface area contributed by atoms with E-state index in [4.69, 9.17) is 0 Å². The van der Waals surface area contributed by atoms with Crippen molar-refractivity contribution >= 4 is 12.1 Å². The van der Waals surface area contributed by atoms with Crippen LogP contribution in [0.5, 0.6) is 0 Å². The number of aliphatic hydroxyl groups excluding tert-OH is 1. The Hall–Kier alpha value is -1.48. The number of carbonyl (C=O) groups excluding carboxylic acids is 2. The predicted molar refractivity (Wildman–Crippen MR) is 71.1 cm³/mol. The maximum Gasteiger partial charge on any atom is 0.181 e. The summed E-state index contributed by atoms with van der Waals surface area (Å²) in [5, 5.41) is 9.91. The molecule has 1 aliphatic carbocycles. The summed E-state index contributed by atoms with van der Waals surface area (Å²) in [7, 11) is 0. The lowest BCUT2D eigenvalue weighted by atomic mass is 9.86. The van der Waals surface area contributed by atoms with Crippen molar-refractivity contribution in [2.45, 2.75) is 39.7 Å². The Morgan fingerprint density at radius 2 is 2.22 bits per heavy atom. The Labute approximate surface area is 108 Å². The highest BCUT2D eigenvalue weighted by molar-refractivity contribution is 6.05. The molecule has 98 valence electrons. The lowest BCUT2D eigenvalue weighted by molar-refractivity contribution is -0.111. The minimum absolute atomic E-state index is 0.0261. The summed E-state index contributed by atoms with van der Waals surface area (Å²) in [4.78, 5) is 22.0. The van der Waals surface area contributed by atoms with Crippen molar-refractivity contribution in [3.63, 3.8) is 0 Å². The monoisotopic (exact) mass is 248 g/mol. The van der Waals surface area contributed by atoms with Gasteiger partial charge >= 0.3 is 0 Å². The van der Waals surface area contributed by atoms with Crippen LogP contribution in [0, 0.1) is 5.92 Å². The van der Waals surface area contributed by atoms with Crippen LogP contribution in [0.25, 0.3) is 0 Å². The number of ketones is 1. The average molecular weight is 248 g/mol. The molecule has 1 aliphatic rings. The van der Waals surface area contributed by atoms with Gasteiger partial charge in [-0.2, -0.15) is 0 Å². The summed E-state index contributed by atoms with van der Waals surface area (Å²) < 4.78 is 0. The third-order valence-corrected chi connectivity index (χ3v) is 3.26. The minimum atomic E-state index is -0.658. The molecule has 1 rings (SSSR count). The van der Waals surface area contributed by atoms with Gasteiger partial charge in [-0.1, -0.05) is 13.0 Å². The number of hydrogen-bond donors (Lipinski definition) is 1. The van der Waals surface area contributed by atoms with Crippen LogP contribution in [0.4, 0.5) is 0 Å². The van der Waals surface area contributed by atoms with E-state index in [9.17, 15) is 14.7 Å². The molecule has 0 aromatic carbocycles. The van der Waals surface area contributed by atoms with Crippen LogP contribution >= 0.6 is 0 Å². The van der Waals surface area contributed by atoms with Crippen LogP contribution in [-0.4, -0.2) is 23.3 Å². The molecule has 18 heavy (non-hydrogen) atoms. The second kappa shape index (κ2) is 6.45. The molecular weight excluding hydrogens is 228 g/mol. The molecule has 0 spiro atoms. The van der Waals surface area contributed by atoms with Gasteiger partial charge in [-0.3, -0.25) is 9.59 Å². The zero-order chi connectivity index (χ0) is 13.7. The molecule has 2 unspecified atom stereocenters. The van der Waals surface area contributed by atoms with E-state index in [-0.39, 0.29) is 11.7 Å². The van der Waals surface area contributed by atoms with E-state index in [1.807, 2.05) is 13.0 Å². The van der Waals surface area contributed by atoms with E-state index in [0.717, 1.165) is 24.7 Å². The summed E-state index contributed by atoms with van der Waals surface area (Å²) >= 11 is 0. The summed E-state index contributed by atoms with van der Waals surface area (Å²) in [5.41, 5.74) is 2.07. The molecule has 3 heteroatoms. The van der Waals surface area contributed by atoms with E-state index >= 15 is 0 Å². The van der Waals surface area contributed by atoms with Crippen molar-refractivity contribution in [2.24, 2.45) is 5.92 Å². The fourth-order valence-electron chi connectivity index (χ4n) is 1.98. The predicted octanol–water partition coefficient (Wildman–Crippen LogP) is 2.36. The molecule has 0 saturated carbocycles. The van der Waals surface area contributed by atoms with Crippen molar-refractivity contribution in [2.75, 3.05) is 0 Å². The fourth-order valence-corrected chi connectivity index (χ4v) is 1.98. The molecular formula is C15H20O3. The highest BCUT2D eigenvalue weighted by Crippen LogP contribution is 2.25. The number of aldehydes is 1. The molecule has 0 fully saturated rings. The fraction of sp³-hybridized carbons (Fsp3) is 0.467. The number of carbonyl (C=O) groups is 2. The van der Waals surface area contributed by atoms with Crippen molar-refractivity contribution in [1.82, 2.24) is 0 Å². The Bertz CT molecular complexity index is 427. The Morgan fingerprint density at radius 1 is 1.56 bits per heavy atom. The highest BCUT2D eigenvalue weighted by atomic mass is 16.3. The maximum atomic E-state index is 11.6. The average Bonchev–Trinajstić information content (AvgIpc) is 2.33. The lowest BCUT2D eigenvalue weighted by Crippen LogP contribution is -2.21. The van der Waals surface area contributed by atoms with Crippen molar-refractivity contribution in [3.05, 3.63) is 34.9 Å². The van der Waals surface area contributed by atoms with Gasteiger partial charge in [0.1, 0.15) is 6.29 Å². The summed E-state index contributed by atoms with van der Waals surface area (Å²) in [6, 6.07) is 0. The van der Waals surface area contributed by atoms with Crippen LogP contribution in [0.15, 0.2) is 34.9 Å².